The Morgan fingerprint density at radius 2 is 2.17 bits per heavy atom. The molecule has 0 amide bonds. The van der Waals surface area contributed by atoms with E-state index in [0.29, 0.717) is 5.57 Å². The van der Waals surface area contributed by atoms with Crippen molar-refractivity contribution >= 4 is 5.78 Å². The number of hydrogen-bond donors (Lipinski definition) is 1. The van der Waals surface area contributed by atoms with E-state index in [1.807, 2.05) is 7.05 Å². The minimum atomic E-state index is 0.0275. The van der Waals surface area contributed by atoms with Crippen LogP contribution in [0.4, 0.5) is 0 Å². The lowest BCUT2D eigenvalue weighted by Gasteiger charge is -2.31. The maximum absolute atomic E-state index is 11.2. The summed E-state index contributed by atoms with van der Waals surface area (Å²) in [5.74, 6) is 0.0543. The molecule has 0 atom stereocenters. The van der Waals surface area contributed by atoms with E-state index in [1.54, 1.807) is 6.08 Å². The first-order chi connectivity index (χ1) is 5.47. The monoisotopic (exact) mass is 165 g/mol. The van der Waals surface area contributed by atoms with Gasteiger partial charge in [-0.2, -0.15) is 0 Å². The summed E-state index contributed by atoms with van der Waals surface area (Å²) in [5.41, 5.74) is 1.73. The molecule has 2 nitrogen and oxygen atoms in total. The highest BCUT2D eigenvalue weighted by atomic mass is 16.1. The van der Waals surface area contributed by atoms with Gasteiger partial charge in [-0.25, -0.2) is 0 Å². The molecule has 0 fully saturated rings. The van der Waals surface area contributed by atoms with Crippen LogP contribution < -0.4 is 5.32 Å². The number of carbonyl (C=O) groups is 1. The summed E-state index contributed by atoms with van der Waals surface area (Å²) in [4.78, 5) is 11.2. The second-order valence-electron chi connectivity index (χ2n) is 3.84. The molecule has 0 saturated carbocycles. The molecular weight excluding hydrogens is 150 g/mol. The molecule has 0 heterocycles. The van der Waals surface area contributed by atoms with E-state index in [9.17, 15) is 4.79 Å². The topological polar surface area (TPSA) is 29.1 Å². The predicted molar refractivity (Wildman–Crippen MR) is 49.7 cm³/mol. The number of ketones is 1. The maximum atomic E-state index is 11.2. The van der Waals surface area contributed by atoms with Gasteiger partial charge < -0.3 is 5.32 Å². The molecule has 0 aromatic heterocycles. The molecule has 0 radical (unpaired) electrons. The van der Waals surface area contributed by atoms with Crippen LogP contribution in [-0.2, 0) is 4.79 Å². The normalized spacial score (nSPS) is 22.1. The van der Waals surface area contributed by atoms with Crippen LogP contribution in [0.25, 0.3) is 0 Å². The molecule has 12 heavy (non-hydrogen) atoms. The Morgan fingerprint density at radius 1 is 1.58 bits per heavy atom. The van der Waals surface area contributed by atoms with Crippen LogP contribution in [0, 0.1) is 5.41 Å². The van der Waals surface area contributed by atoms with E-state index in [4.69, 9.17) is 0 Å². The molecular formula is C10H15NO. The van der Waals surface area contributed by atoms with Gasteiger partial charge >= 0.3 is 0 Å². The fourth-order valence-corrected chi connectivity index (χ4v) is 1.55. The Hall–Kier alpha value is -1.05. The van der Waals surface area contributed by atoms with Gasteiger partial charge in [-0.3, -0.25) is 4.79 Å². The third-order valence-electron chi connectivity index (χ3n) is 2.28. The van der Waals surface area contributed by atoms with E-state index in [0.717, 1.165) is 12.1 Å². The highest BCUT2D eigenvalue weighted by Gasteiger charge is 2.30. The summed E-state index contributed by atoms with van der Waals surface area (Å²) in [7, 11) is 1.84. The molecule has 0 spiro atoms. The zero-order valence-corrected chi connectivity index (χ0v) is 7.90. The van der Waals surface area contributed by atoms with Crippen LogP contribution >= 0.6 is 0 Å². The number of carbonyl (C=O) groups excluding carboxylic acids is 1. The van der Waals surface area contributed by atoms with Crippen molar-refractivity contribution in [3.63, 3.8) is 0 Å². The molecule has 0 aromatic rings. The van der Waals surface area contributed by atoms with Crippen molar-refractivity contribution < 1.29 is 4.79 Å². The quantitative estimate of drug-likeness (QED) is 0.598. The summed E-state index contributed by atoms with van der Waals surface area (Å²) in [6.45, 7) is 7.95. The average molecular weight is 165 g/mol. The van der Waals surface area contributed by atoms with Gasteiger partial charge in [0.15, 0.2) is 5.78 Å². The second kappa shape index (κ2) is 2.77. The number of allylic oxidation sites excluding steroid dienone is 3. The summed E-state index contributed by atoms with van der Waals surface area (Å²) in [6.07, 6.45) is 2.39. The van der Waals surface area contributed by atoms with Crippen molar-refractivity contribution in [1.82, 2.24) is 5.32 Å². The van der Waals surface area contributed by atoms with E-state index in [-0.39, 0.29) is 11.2 Å². The van der Waals surface area contributed by atoms with Crippen molar-refractivity contribution in [2.24, 2.45) is 5.41 Å². The Kier molecular flexibility index (Phi) is 2.09. The van der Waals surface area contributed by atoms with Crippen molar-refractivity contribution in [2.75, 3.05) is 7.05 Å². The van der Waals surface area contributed by atoms with Crippen molar-refractivity contribution in [3.8, 4) is 0 Å². The summed E-state index contributed by atoms with van der Waals surface area (Å²) in [5, 5.41) is 3.04. The lowest BCUT2D eigenvalue weighted by molar-refractivity contribution is -0.112. The molecule has 2 heteroatoms. The molecule has 66 valence electrons. The fourth-order valence-electron chi connectivity index (χ4n) is 1.55. The third kappa shape index (κ3) is 1.42. The zero-order valence-electron chi connectivity index (χ0n) is 7.90. The fraction of sp³-hybridized carbons (Fsp3) is 0.500. The van der Waals surface area contributed by atoms with Crippen LogP contribution in [0.15, 0.2) is 23.9 Å². The highest BCUT2D eigenvalue weighted by Crippen LogP contribution is 2.35. The minimum absolute atomic E-state index is 0.0275. The molecule has 1 aliphatic rings. The minimum Gasteiger partial charge on any atom is -0.391 e. The largest absolute Gasteiger partial charge is 0.391 e. The number of rotatable bonds is 1. The van der Waals surface area contributed by atoms with Gasteiger partial charge in [0.2, 0.25) is 0 Å². The average Bonchev–Trinajstić information content (AvgIpc) is 1.96. The summed E-state index contributed by atoms with van der Waals surface area (Å²) in [6, 6.07) is 0. The van der Waals surface area contributed by atoms with Crippen LogP contribution in [0.5, 0.6) is 0 Å². The Balaban J connectivity index is 3.04. The van der Waals surface area contributed by atoms with Crippen LogP contribution in [0.2, 0.25) is 0 Å². The van der Waals surface area contributed by atoms with Crippen molar-refractivity contribution in [3.05, 3.63) is 23.9 Å². The summed E-state index contributed by atoms with van der Waals surface area (Å²) >= 11 is 0. The molecule has 0 aromatic carbocycles. The first-order valence-electron chi connectivity index (χ1n) is 4.09. The molecule has 1 rings (SSSR count). The molecule has 1 aliphatic carbocycles. The zero-order chi connectivity index (χ0) is 9.35. The Bertz CT molecular complexity index is 261. The number of hydrogen-bond acceptors (Lipinski definition) is 2. The number of nitrogens with one attached hydrogen (secondary N) is 1. The predicted octanol–water partition coefficient (Wildman–Crippen LogP) is 1.64. The molecule has 0 aliphatic heterocycles. The SMILES string of the molecule is C=C1CC(C)(C)C(NC)=CC1=O. The van der Waals surface area contributed by atoms with E-state index < -0.39 is 0 Å². The van der Waals surface area contributed by atoms with Crippen molar-refractivity contribution in [1.29, 1.82) is 0 Å². The van der Waals surface area contributed by atoms with Gasteiger partial charge in [-0.15, -0.1) is 0 Å². The lowest BCUT2D eigenvalue weighted by atomic mass is 9.77. The van der Waals surface area contributed by atoms with Crippen LogP contribution in [0.3, 0.4) is 0 Å². The van der Waals surface area contributed by atoms with Gasteiger partial charge in [-0.05, 0) is 12.0 Å². The Morgan fingerprint density at radius 3 is 2.67 bits per heavy atom. The smallest absolute Gasteiger partial charge is 0.182 e. The van der Waals surface area contributed by atoms with Crippen molar-refractivity contribution in [2.45, 2.75) is 20.3 Å². The maximum Gasteiger partial charge on any atom is 0.182 e. The van der Waals surface area contributed by atoms with E-state index >= 15 is 0 Å². The standard InChI is InChI=1S/C10H15NO/c1-7-6-10(2,3)9(11-4)5-8(7)12/h5,11H,1,6H2,2-4H3. The first kappa shape index (κ1) is 9.04. The van der Waals surface area contributed by atoms with Crippen LogP contribution in [-0.4, -0.2) is 12.8 Å². The molecule has 0 bridgehead atoms. The molecule has 0 saturated heterocycles. The lowest BCUT2D eigenvalue weighted by Crippen LogP contribution is -2.30. The Labute approximate surface area is 73.4 Å². The van der Waals surface area contributed by atoms with Gasteiger partial charge in [0.1, 0.15) is 0 Å². The third-order valence-corrected chi connectivity index (χ3v) is 2.28. The van der Waals surface area contributed by atoms with E-state index in [2.05, 4.69) is 25.7 Å². The second-order valence-corrected chi connectivity index (χ2v) is 3.84. The first-order valence-corrected chi connectivity index (χ1v) is 4.09. The molecule has 0 unspecified atom stereocenters. The van der Waals surface area contributed by atoms with Gasteiger partial charge in [-0.1, -0.05) is 20.4 Å². The molecule has 1 N–H and O–H groups in total. The van der Waals surface area contributed by atoms with Gasteiger partial charge in [0, 0.05) is 24.2 Å². The van der Waals surface area contributed by atoms with Crippen LogP contribution in [0.1, 0.15) is 20.3 Å². The summed E-state index contributed by atoms with van der Waals surface area (Å²) < 4.78 is 0. The van der Waals surface area contributed by atoms with Gasteiger partial charge in [0.05, 0.1) is 0 Å². The highest BCUT2D eigenvalue weighted by molar-refractivity contribution is 6.05. The van der Waals surface area contributed by atoms with Gasteiger partial charge in [0.25, 0.3) is 0 Å². The van der Waals surface area contributed by atoms with E-state index in [1.165, 1.54) is 0 Å².